The van der Waals surface area contributed by atoms with Gasteiger partial charge in [0.05, 0.1) is 16.4 Å². The van der Waals surface area contributed by atoms with Crippen LogP contribution in [0.2, 0.25) is 0 Å². The molecule has 0 saturated carbocycles. The minimum atomic E-state index is 0. The van der Waals surface area contributed by atoms with Gasteiger partial charge in [0.15, 0.2) is 5.96 Å². The SMILES string of the molecule is CCNC(=NCC(C)Cn1nc(C)cc1C)NCCc1nc(C)c(C)s1.I. The standard InChI is InChI=1S/C19H32N6S.HI/c1-7-20-19(21-9-8-18-23-16(5)17(6)26-18)22-11-13(2)12-25-15(4)10-14(3)24-25;/h10,13H,7-9,11-12H2,1-6H3,(H2,20,21,22);1H. The van der Waals surface area contributed by atoms with Crippen LogP contribution in [0.5, 0.6) is 0 Å². The number of aryl methyl sites for hydroxylation is 4. The number of hydrogen-bond donors (Lipinski definition) is 2. The topological polar surface area (TPSA) is 67.1 Å². The average molecular weight is 504 g/mol. The smallest absolute Gasteiger partial charge is 0.191 e. The molecule has 2 N–H and O–H groups in total. The molecule has 0 spiro atoms. The second-order valence-electron chi connectivity index (χ2n) is 6.86. The van der Waals surface area contributed by atoms with Crippen molar-refractivity contribution in [2.24, 2.45) is 10.9 Å². The normalized spacial score (nSPS) is 12.6. The fourth-order valence-corrected chi connectivity index (χ4v) is 3.67. The molecule has 2 aromatic heterocycles. The zero-order chi connectivity index (χ0) is 19.1. The Morgan fingerprint density at radius 2 is 2.00 bits per heavy atom. The first-order valence-corrected chi connectivity index (χ1v) is 10.2. The van der Waals surface area contributed by atoms with E-state index in [1.54, 1.807) is 11.3 Å². The van der Waals surface area contributed by atoms with Crippen LogP contribution in [0.25, 0.3) is 0 Å². The zero-order valence-corrected chi connectivity index (χ0v) is 20.4. The lowest BCUT2D eigenvalue weighted by Crippen LogP contribution is -2.38. The van der Waals surface area contributed by atoms with Gasteiger partial charge in [-0.05, 0) is 46.6 Å². The van der Waals surface area contributed by atoms with Gasteiger partial charge in [0.2, 0.25) is 0 Å². The largest absolute Gasteiger partial charge is 0.357 e. The minimum Gasteiger partial charge on any atom is -0.357 e. The number of hydrogen-bond acceptors (Lipinski definition) is 4. The summed E-state index contributed by atoms with van der Waals surface area (Å²) in [6.45, 7) is 16.0. The van der Waals surface area contributed by atoms with E-state index in [9.17, 15) is 0 Å². The Morgan fingerprint density at radius 1 is 1.26 bits per heavy atom. The minimum absolute atomic E-state index is 0. The highest BCUT2D eigenvalue weighted by atomic mass is 127. The number of nitrogens with zero attached hydrogens (tertiary/aromatic N) is 4. The first kappa shape index (κ1) is 23.9. The van der Waals surface area contributed by atoms with E-state index in [4.69, 9.17) is 4.99 Å². The van der Waals surface area contributed by atoms with E-state index in [2.05, 4.69) is 66.1 Å². The van der Waals surface area contributed by atoms with Crippen molar-refractivity contribution >= 4 is 41.3 Å². The third kappa shape index (κ3) is 7.77. The molecule has 1 unspecified atom stereocenters. The molecule has 6 nitrogen and oxygen atoms in total. The number of rotatable bonds is 8. The number of thiazole rings is 1. The van der Waals surface area contributed by atoms with Crippen molar-refractivity contribution in [2.75, 3.05) is 19.6 Å². The second kappa shape index (κ2) is 11.6. The van der Waals surface area contributed by atoms with E-state index < -0.39 is 0 Å². The van der Waals surface area contributed by atoms with E-state index in [1.165, 1.54) is 15.6 Å². The first-order valence-electron chi connectivity index (χ1n) is 9.35. The van der Waals surface area contributed by atoms with E-state index in [1.807, 2.05) is 6.92 Å². The molecular weight excluding hydrogens is 471 g/mol. The lowest BCUT2D eigenvalue weighted by molar-refractivity contribution is 0.449. The van der Waals surface area contributed by atoms with Crippen molar-refractivity contribution in [2.45, 2.75) is 54.5 Å². The molecule has 0 radical (unpaired) electrons. The monoisotopic (exact) mass is 504 g/mol. The van der Waals surface area contributed by atoms with E-state index in [-0.39, 0.29) is 24.0 Å². The molecule has 0 fully saturated rings. The molecule has 0 bridgehead atoms. The van der Waals surface area contributed by atoms with Crippen LogP contribution in [-0.4, -0.2) is 40.4 Å². The van der Waals surface area contributed by atoms with E-state index >= 15 is 0 Å². The fraction of sp³-hybridized carbons (Fsp3) is 0.632. The maximum atomic E-state index is 4.74. The van der Waals surface area contributed by atoms with Gasteiger partial charge in [-0.1, -0.05) is 6.92 Å². The van der Waals surface area contributed by atoms with Gasteiger partial charge in [0.1, 0.15) is 0 Å². The van der Waals surface area contributed by atoms with Gasteiger partial charge >= 0.3 is 0 Å². The van der Waals surface area contributed by atoms with Crippen LogP contribution in [0.4, 0.5) is 0 Å². The van der Waals surface area contributed by atoms with Crippen molar-refractivity contribution < 1.29 is 0 Å². The summed E-state index contributed by atoms with van der Waals surface area (Å²) < 4.78 is 2.07. The predicted molar refractivity (Wildman–Crippen MR) is 126 cm³/mol. The molecule has 0 aliphatic carbocycles. The van der Waals surface area contributed by atoms with Crippen LogP contribution in [0.15, 0.2) is 11.1 Å². The number of aliphatic imine (C=N–C) groups is 1. The highest BCUT2D eigenvalue weighted by Gasteiger charge is 2.08. The molecule has 2 rings (SSSR count). The summed E-state index contributed by atoms with van der Waals surface area (Å²) >= 11 is 1.78. The summed E-state index contributed by atoms with van der Waals surface area (Å²) in [5.41, 5.74) is 3.42. The number of halogens is 1. The van der Waals surface area contributed by atoms with Crippen LogP contribution in [0, 0.1) is 33.6 Å². The van der Waals surface area contributed by atoms with Gasteiger partial charge in [-0.2, -0.15) is 5.10 Å². The molecule has 2 heterocycles. The maximum Gasteiger partial charge on any atom is 0.191 e. The van der Waals surface area contributed by atoms with Gasteiger partial charge < -0.3 is 10.6 Å². The molecule has 0 aliphatic heterocycles. The van der Waals surface area contributed by atoms with Gasteiger partial charge in [-0.25, -0.2) is 4.98 Å². The Labute approximate surface area is 184 Å². The number of guanidine groups is 1. The lowest BCUT2D eigenvalue weighted by atomic mass is 10.2. The molecule has 0 saturated heterocycles. The van der Waals surface area contributed by atoms with Gasteiger partial charge in [-0.15, -0.1) is 35.3 Å². The molecule has 2 aromatic rings. The second-order valence-corrected chi connectivity index (χ2v) is 8.15. The Balaban J connectivity index is 0.00000364. The summed E-state index contributed by atoms with van der Waals surface area (Å²) in [5.74, 6) is 1.30. The highest BCUT2D eigenvalue weighted by Crippen LogP contribution is 2.16. The number of nitrogens with one attached hydrogen (secondary N) is 2. The van der Waals surface area contributed by atoms with Gasteiger partial charge in [0.25, 0.3) is 0 Å². The molecule has 0 aromatic carbocycles. The quantitative estimate of drug-likeness (QED) is 0.328. The van der Waals surface area contributed by atoms with Crippen molar-refractivity contribution in [3.8, 4) is 0 Å². The molecular formula is C19H33IN6S. The summed E-state index contributed by atoms with van der Waals surface area (Å²) in [5, 5.41) is 12.5. The molecule has 0 amide bonds. The van der Waals surface area contributed by atoms with Crippen LogP contribution >= 0.6 is 35.3 Å². The van der Waals surface area contributed by atoms with Crippen LogP contribution in [0.1, 0.15) is 40.8 Å². The van der Waals surface area contributed by atoms with Crippen LogP contribution < -0.4 is 10.6 Å². The predicted octanol–water partition coefficient (Wildman–Crippen LogP) is 3.63. The van der Waals surface area contributed by atoms with Crippen LogP contribution in [-0.2, 0) is 13.0 Å². The Hall–Kier alpha value is -1.16. The number of aromatic nitrogens is 3. The van der Waals surface area contributed by atoms with Gasteiger partial charge in [-0.3, -0.25) is 9.67 Å². The summed E-state index contributed by atoms with van der Waals surface area (Å²) in [6, 6.07) is 2.11. The molecule has 1 atom stereocenters. The van der Waals surface area contributed by atoms with Crippen molar-refractivity contribution in [1.29, 1.82) is 0 Å². The molecule has 8 heteroatoms. The lowest BCUT2D eigenvalue weighted by Gasteiger charge is -2.14. The van der Waals surface area contributed by atoms with Crippen molar-refractivity contribution in [3.05, 3.63) is 33.0 Å². The fourth-order valence-electron chi connectivity index (χ4n) is 2.74. The van der Waals surface area contributed by atoms with E-state index in [0.29, 0.717) is 5.92 Å². The summed E-state index contributed by atoms with van der Waals surface area (Å²) in [7, 11) is 0. The third-order valence-corrected chi connectivity index (χ3v) is 5.33. The van der Waals surface area contributed by atoms with Crippen molar-refractivity contribution in [1.82, 2.24) is 25.4 Å². The molecule has 152 valence electrons. The Morgan fingerprint density at radius 3 is 2.56 bits per heavy atom. The summed E-state index contributed by atoms with van der Waals surface area (Å²) in [4.78, 5) is 10.6. The Bertz CT molecular complexity index is 717. The first-order chi connectivity index (χ1) is 12.4. The van der Waals surface area contributed by atoms with Crippen molar-refractivity contribution in [3.63, 3.8) is 0 Å². The summed E-state index contributed by atoms with van der Waals surface area (Å²) in [6.07, 6.45) is 0.922. The molecule has 0 aliphatic rings. The zero-order valence-electron chi connectivity index (χ0n) is 17.3. The average Bonchev–Trinajstić information content (AvgIpc) is 3.06. The van der Waals surface area contributed by atoms with Crippen LogP contribution in [0.3, 0.4) is 0 Å². The van der Waals surface area contributed by atoms with E-state index in [0.717, 1.165) is 49.9 Å². The Kier molecular flexibility index (Phi) is 10.3. The maximum absolute atomic E-state index is 4.74. The van der Waals surface area contributed by atoms with Gasteiger partial charge in [0, 0.05) is 43.2 Å². The third-order valence-electron chi connectivity index (χ3n) is 4.20. The highest BCUT2D eigenvalue weighted by molar-refractivity contribution is 14.0. The molecule has 27 heavy (non-hydrogen) atoms.